The Balaban J connectivity index is 4.44. The molecule has 0 bridgehead atoms. The highest BCUT2D eigenvalue weighted by molar-refractivity contribution is 5.85. The van der Waals surface area contributed by atoms with Gasteiger partial charge in [0.05, 0.1) is 13.0 Å². The molecule has 1 unspecified atom stereocenters. The van der Waals surface area contributed by atoms with E-state index in [9.17, 15) is 14.4 Å². The number of aliphatic carboxylic acids is 1. The van der Waals surface area contributed by atoms with Gasteiger partial charge in [0.1, 0.15) is 11.6 Å². The molecule has 0 aromatic carbocycles. The Hall–Kier alpha value is -1.79. The first-order chi connectivity index (χ1) is 9.65. The lowest BCUT2D eigenvalue weighted by Crippen LogP contribution is -2.45. The number of amides is 1. The van der Waals surface area contributed by atoms with Crippen LogP contribution in [0.5, 0.6) is 0 Å². The van der Waals surface area contributed by atoms with Crippen molar-refractivity contribution in [2.45, 2.75) is 65.0 Å². The van der Waals surface area contributed by atoms with Gasteiger partial charge in [0, 0.05) is 0 Å². The maximum atomic E-state index is 11.9. The van der Waals surface area contributed by atoms with Crippen molar-refractivity contribution >= 4 is 18.0 Å². The van der Waals surface area contributed by atoms with Crippen molar-refractivity contribution in [1.82, 2.24) is 5.32 Å². The van der Waals surface area contributed by atoms with Gasteiger partial charge in [0.25, 0.3) is 0 Å². The van der Waals surface area contributed by atoms with E-state index >= 15 is 0 Å². The molecule has 0 aromatic heterocycles. The molecule has 7 heteroatoms. The quantitative estimate of drug-likeness (QED) is 0.526. The summed E-state index contributed by atoms with van der Waals surface area (Å²) in [6, 6.07) is -1.26. The Bertz CT molecular complexity index is 361. The number of alkyl carbamates (subject to hydrolysis) is 1. The third kappa shape index (κ3) is 10.6. The lowest BCUT2D eigenvalue weighted by molar-refractivity contribution is -0.159. The molecule has 122 valence electrons. The van der Waals surface area contributed by atoms with Gasteiger partial charge in [-0.25, -0.2) is 9.59 Å². The molecule has 0 aliphatic rings. The van der Waals surface area contributed by atoms with Gasteiger partial charge in [-0.2, -0.15) is 0 Å². The molecule has 0 aliphatic carbocycles. The minimum absolute atomic E-state index is 0.230. The van der Waals surface area contributed by atoms with Crippen LogP contribution in [0.3, 0.4) is 0 Å². The van der Waals surface area contributed by atoms with Crippen molar-refractivity contribution in [3.8, 4) is 0 Å². The molecular weight excluding hydrogens is 278 g/mol. The Morgan fingerprint density at radius 2 is 1.81 bits per heavy atom. The van der Waals surface area contributed by atoms with Gasteiger partial charge >= 0.3 is 18.0 Å². The molecule has 1 amide bonds. The summed E-state index contributed by atoms with van der Waals surface area (Å²) in [7, 11) is 0. The van der Waals surface area contributed by atoms with Crippen molar-refractivity contribution in [2.24, 2.45) is 0 Å². The highest BCUT2D eigenvalue weighted by Crippen LogP contribution is 2.10. The smallest absolute Gasteiger partial charge is 0.407 e. The maximum Gasteiger partial charge on any atom is 0.407 e. The van der Waals surface area contributed by atoms with Crippen LogP contribution in [0.15, 0.2) is 0 Å². The predicted molar refractivity (Wildman–Crippen MR) is 75.9 cm³/mol. The maximum absolute atomic E-state index is 11.9. The van der Waals surface area contributed by atoms with Crippen LogP contribution in [0.25, 0.3) is 0 Å². The standard InChI is InChI=1S/C14H25NO6/c1-5-6-7-8-20-13(19)15-10(9-11(16)17)12(18)21-14(2,3)4/h10H,5-9H2,1-4H3,(H,15,19)(H,16,17). The number of carboxylic acid groups (broad SMARTS) is 1. The van der Waals surface area contributed by atoms with Crippen LogP contribution in [0.1, 0.15) is 53.4 Å². The molecule has 0 radical (unpaired) electrons. The number of nitrogens with one attached hydrogen (secondary N) is 1. The SMILES string of the molecule is CCCCCOC(=O)NC(CC(=O)O)C(=O)OC(C)(C)C. The third-order valence-electron chi connectivity index (χ3n) is 2.34. The molecule has 0 saturated carbocycles. The first kappa shape index (κ1) is 19.2. The number of hydrogen-bond donors (Lipinski definition) is 2. The van der Waals surface area contributed by atoms with Crippen molar-refractivity contribution < 1.29 is 29.0 Å². The van der Waals surface area contributed by atoms with Gasteiger partial charge in [0.15, 0.2) is 0 Å². The zero-order valence-electron chi connectivity index (χ0n) is 13.1. The van der Waals surface area contributed by atoms with Crippen molar-refractivity contribution in [2.75, 3.05) is 6.61 Å². The van der Waals surface area contributed by atoms with E-state index in [4.69, 9.17) is 14.6 Å². The second-order valence-corrected chi connectivity index (χ2v) is 5.67. The van der Waals surface area contributed by atoms with E-state index in [1.54, 1.807) is 20.8 Å². The molecular formula is C14H25NO6. The number of carboxylic acids is 1. The van der Waals surface area contributed by atoms with Gasteiger partial charge in [-0.3, -0.25) is 4.79 Å². The summed E-state index contributed by atoms with van der Waals surface area (Å²) >= 11 is 0. The number of ether oxygens (including phenoxy) is 2. The topological polar surface area (TPSA) is 102 Å². The summed E-state index contributed by atoms with van der Waals surface area (Å²) in [6.45, 7) is 7.22. The third-order valence-corrected chi connectivity index (χ3v) is 2.34. The minimum atomic E-state index is -1.26. The fourth-order valence-corrected chi connectivity index (χ4v) is 1.44. The van der Waals surface area contributed by atoms with Crippen LogP contribution in [-0.4, -0.2) is 41.4 Å². The zero-order valence-corrected chi connectivity index (χ0v) is 13.1. The van der Waals surface area contributed by atoms with E-state index in [1.807, 2.05) is 6.92 Å². The molecule has 0 aromatic rings. The lowest BCUT2D eigenvalue weighted by atomic mass is 10.1. The largest absolute Gasteiger partial charge is 0.481 e. The predicted octanol–water partition coefficient (Wildman–Crippen LogP) is 2.09. The number of rotatable bonds is 8. The summed E-state index contributed by atoms with van der Waals surface area (Å²) in [5, 5.41) is 11.0. The summed E-state index contributed by atoms with van der Waals surface area (Å²) in [6.07, 6.45) is 1.27. The van der Waals surface area contributed by atoms with Crippen LogP contribution < -0.4 is 5.32 Å². The molecule has 0 fully saturated rings. The summed E-state index contributed by atoms with van der Waals surface area (Å²) in [5.74, 6) is -2.01. The van der Waals surface area contributed by atoms with Gasteiger partial charge < -0.3 is 19.9 Å². The van der Waals surface area contributed by atoms with Crippen LogP contribution in [0.2, 0.25) is 0 Å². The Morgan fingerprint density at radius 3 is 2.29 bits per heavy atom. The number of carbonyl (C=O) groups is 3. The molecule has 0 aliphatic heterocycles. The molecule has 0 rings (SSSR count). The fourth-order valence-electron chi connectivity index (χ4n) is 1.44. The minimum Gasteiger partial charge on any atom is -0.481 e. The van der Waals surface area contributed by atoms with E-state index in [0.717, 1.165) is 19.3 Å². The van der Waals surface area contributed by atoms with Crippen molar-refractivity contribution in [1.29, 1.82) is 0 Å². The van der Waals surface area contributed by atoms with Crippen LogP contribution in [0.4, 0.5) is 4.79 Å². The van der Waals surface area contributed by atoms with Crippen LogP contribution in [0, 0.1) is 0 Å². The number of esters is 1. The van der Waals surface area contributed by atoms with E-state index < -0.39 is 36.1 Å². The van der Waals surface area contributed by atoms with Gasteiger partial charge in [-0.15, -0.1) is 0 Å². The Kier molecular flexibility index (Phi) is 8.42. The first-order valence-corrected chi connectivity index (χ1v) is 7.03. The zero-order chi connectivity index (χ0) is 16.5. The second-order valence-electron chi connectivity index (χ2n) is 5.67. The van der Waals surface area contributed by atoms with Crippen molar-refractivity contribution in [3.63, 3.8) is 0 Å². The normalized spacial score (nSPS) is 12.4. The average Bonchev–Trinajstić information content (AvgIpc) is 2.31. The molecule has 0 spiro atoms. The van der Waals surface area contributed by atoms with E-state index in [0.29, 0.717) is 0 Å². The highest BCUT2D eigenvalue weighted by Gasteiger charge is 2.29. The Labute approximate surface area is 125 Å². The highest BCUT2D eigenvalue weighted by atomic mass is 16.6. The van der Waals surface area contributed by atoms with Gasteiger partial charge in [-0.05, 0) is 27.2 Å². The van der Waals surface area contributed by atoms with E-state index in [2.05, 4.69) is 5.32 Å². The van der Waals surface area contributed by atoms with E-state index in [-0.39, 0.29) is 6.61 Å². The molecule has 0 saturated heterocycles. The van der Waals surface area contributed by atoms with Crippen LogP contribution >= 0.6 is 0 Å². The lowest BCUT2D eigenvalue weighted by Gasteiger charge is -2.23. The van der Waals surface area contributed by atoms with Crippen molar-refractivity contribution in [3.05, 3.63) is 0 Å². The monoisotopic (exact) mass is 303 g/mol. The fraction of sp³-hybridized carbons (Fsp3) is 0.786. The Morgan fingerprint density at radius 1 is 1.19 bits per heavy atom. The average molecular weight is 303 g/mol. The molecule has 0 heterocycles. The number of unbranched alkanes of at least 4 members (excludes halogenated alkanes) is 2. The molecule has 7 nitrogen and oxygen atoms in total. The number of carbonyl (C=O) groups excluding carboxylic acids is 2. The summed E-state index contributed by atoms with van der Waals surface area (Å²) in [5.41, 5.74) is -0.763. The molecule has 21 heavy (non-hydrogen) atoms. The first-order valence-electron chi connectivity index (χ1n) is 7.03. The summed E-state index contributed by atoms with van der Waals surface area (Å²) < 4.78 is 9.96. The van der Waals surface area contributed by atoms with Gasteiger partial charge in [-0.1, -0.05) is 19.8 Å². The summed E-state index contributed by atoms with van der Waals surface area (Å²) in [4.78, 5) is 34.1. The molecule has 1 atom stereocenters. The second kappa shape index (κ2) is 9.20. The van der Waals surface area contributed by atoms with Crippen LogP contribution in [-0.2, 0) is 19.1 Å². The number of hydrogen-bond acceptors (Lipinski definition) is 5. The molecule has 2 N–H and O–H groups in total. The van der Waals surface area contributed by atoms with Gasteiger partial charge in [0.2, 0.25) is 0 Å². The van der Waals surface area contributed by atoms with E-state index in [1.165, 1.54) is 0 Å².